The number of rotatable bonds is 9. The second-order valence-corrected chi connectivity index (χ2v) is 7.52. The van der Waals surface area contributed by atoms with E-state index in [1.807, 2.05) is 6.92 Å². The highest BCUT2D eigenvalue weighted by molar-refractivity contribution is 5.89. The monoisotopic (exact) mass is 451 g/mol. The van der Waals surface area contributed by atoms with Gasteiger partial charge in [0.15, 0.2) is 0 Å². The molecule has 7 nitrogen and oxygen atoms in total. The Morgan fingerprint density at radius 1 is 1.16 bits per heavy atom. The smallest absolute Gasteiger partial charge is 0.384 e. The zero-order valence-corrected chi connectivity index (χ0v) is 18.2. The molecule has 0 aliphatic rings. The number of nitrogens with two attached hydrogens (primary N) is 1. The average molecular weight is 451 g/mol. The fraction of sp³-hybridized carbons (Fsp3) is 0.409. The van der Waals surface area contributed by atoms with Crippen molar-refractivity contribution >= 4 is 17.6 Å². The molecule has 0 unspecified atom stereocenters. The van der Waals surface area contributed by atoms with Crippen LogP contribution in [0.15, 0.2) is 42.6 Å². The van der Waals surface area contributed by atoms with Gasteiger partial charge in [0.25, 0.3) is 0 Å². The molecule has 0 aliphatic heterocycles. The normalized spacial score (nSPS) is 13.5. The number of nitrogen functional groups attached to an aromatic ring is 1. The SMILES string of the molecule is CCN(C)[C@@H](C)C(=O)N[C@@H](Cc1cccc(C(F)(F)F)c1)C(=O)NCc1ccc(N)nc1. The van der Waals surface area contributed by atoms with Crippen LogP contribution in [0.25, 0.3) is 0 Å². The molecule has 2 atom stereocenters. The summed E-state index contributed by atoms with van der Waals surface area (Å²) in [6.07, 6.45) is -3.09. The molecule has 0 spiro atoms. The molecule has 1 aromatic carbocycles. The van der Waals surface area contributed by atoms with Gasteiger partial charge in [0.05, 0.1) is 11.6 Å². The fourth-order valence-corrected chi connectivity index (χ4v) is 2.94. The number of halogens is 3. The van der Waals surface area contributed by atoms with E-state index in [0.29, 0.717) is 17.9 Å². The van der Waals surface area contributed by atoms with Crippen molar-refractivity contribution in [3.8, 4) is 0 Å². The van der Waals surface area contributed by atoms with Crippen LogP contribution in [0.2, 0.25) is 0 Å². The molecule has 4 N–H and O–H groups in total. The van der Waals surface area contributed by atoms with E-state index >= 15 is 0 Å². The Morgan fingerprint density at radius 2 is 1.88 bits per heavy atom. The van der Waals surface area contributed by atoms with Crippen LogP contribution in [0.3, 0.4) is 0 Å². The average Bonchev–Trinajstić information content (AvgIpc) is 2.76. The van der Waals surface area contributed by atoms with Crippen LogP contribution in [0, 0.1) is 0 Å². The maximum absolute atomic E-state index is 13.1. The molecule has 0 saturated carbocycles. The van der Waals surface area contributed by atoms with Crippen LogP contribution in [-0.2, 0) is 28.7 Å². The van der Waals surface area contributed by atoms with Gasteiger partial charge in [0.2, 0.25) is 11.8 Å². The highest BCUT2D eigenvalue weighted by atomic mass is 19.4. The quantitative estimate of drug-likeness (QED) is 0.544. The molecule has 0 fully saturated rings. The van der Waals surface area contributed by atoms with Crippen LogP contribution >= 0.6 is 0 Å². The van der Waals surface area contributed by atoms with Crippen molar-refractivity contribution in [2.45, 2.75) is 45.1 Å². The first-order chi connectivity index (χ1) is 15.0. The van der Waals surface area contributed by atoms with Crippen molar-refractivity contribution in [3.05, 3.63) is 59.3 Å². The lowest BCUT2D eigenvalue weighted by Gasteiger charge is -2.25. The number of likely N-dealkylation sites (N-methyl/N-ethyl adjacent to an activating group) is 1. The molecule has 0 aliphatic carbocycles. The van der Waals surface area contributed by atoms with Gasteiger partial charge >= 0.3 is 6.18 Å². The Kier molecular flexibility index (Phi) is 8.59. The number of hydrogen-bond donors (Lipinski definition) is 3. The summed E-state index contributed by atoms with van der Waals surface area (Å²) < 4.78 is 39.2. The molecule has 174 valence electrons. The van der Waals surface area contributed by atoms with Gasteiger partial charge in [-0.2, -0.15) is 13.2 Å². The Balaban J connectivity index is 2.19. The molecule has 0 radical (unpaired) electrons. The Morgan fingerprint density at radius 3 is 2.47 bits per heavy atom. The highest BCUT2D eigenvalue weighted by Crippen LogP contribution is 2.29. The van der Waals surface area contributed by atoms with Crippen LogP contribution < -0.4 is 16.4 Å². The van der Waals surface area contributed by atoms with E-state index in [0.717, 1.165) is 12.1 Å². The predicted octanol–water partition coefficient (Wildman–Crippen LogP) is 2.37. The first-order valence-corrected chi connectivity index (χ1v) is 10.2. The second kappa shape index (κ2) is 10.9. The van der Waals surface area contributed by atoms with Crippen LogP contribution in [0.1, 0.15) is 30.5 Å². The number of carbonyl (C=O) groups excluding carboxylic acids is 2. The molecule has 1 aromatic heterocycles. The van der Waals surface area contributed by atoms with Gasteiger partial charge in [-0.3, -0.25) is 14.5 Å². The third kappa shape index (κ3) is 7.23. The van der Waals surface area contributed by atoms with E-state index < -0.39 is 35.6 Å². The number of alkyl halides is 3. The molecule has 0 bridgehead atoms. The first-order valence-electron chi connectivity index (χ1n) is 10.2. The van der Waals surface area contributed by atoms with E-state index in [2.05, 4.69) is 15.6 Å². The van der Waals surface area contributed by atoms with Crippen LogP contribution in [-0.4, -0.2) is 47.4 Å². The van der Waals surface area contributed by atoms with Gasteiger partial charge in [-0.05, 0) is 43.8 Å². The van der Waals surface area contributed by atoms with Gasteiger partial charge in [0.1, 0.15) is 11.9 Å². The number of nitrogens with one attached hydrogen (secondary N) is 2. The molecule has 2 aromatic rings. The summed E-state index contributed by atoms with van der Waals surface area (Å²) in [6.45, 7) is 4.32. The van der Waals surface area contributed by atoms with Crippen molar-refractivity contribution in [2.24, 2.45) is 0 Å². The molecule has 10 heteroatoms. The molecule has 32 heavy (non-hydrogen) atoms. The summed E-state index contributed by atoms with van der Waals surface area (Å²) in [5.74, 6) is -0.571. The van der Waals surface area contributed by atoms with Crippen molar-refractivity contribution in [2.75, 3.05) is 19.3 Å². The number of anilines is 1. The number of aromatic nitrogens is 1. The number of hydrogen-bond acceptors (Lipinski definition) is 5. The Hall–Kier alpha value is -3.14. The second-order valence-electron chi connectivity index (χ2n) is 7.52. The van der Waals surface area contributed by atoms with Crippen molar-refractivity contribution in [1.82, 2.24) is 20.5 Å². The minimum atomic E-state index is -4.50. The number of carbonyl (C=O) groups is 2. The predicted molar refractivity (Wildman–Crippen MR) is 115 cm³/mol. The zero-order valence-electron chi connectivity index (χ0n) is 18.2. The minimum Gasteiger partial charge on any atom is -0.384 e. The van der Waals surface area contributed by atoms with E-state index in [9.17, 15) is 22.8 Å². The van der Waals surface area contributed by atoms with Gasteiger partial charge < -0.3 is 16.4 Å². The van der Waals surface area contributed by atoms with Crippen molar-refractivity contribution < 1.29 is 22.8 Å². The Bertz CT molecular complexity index is 919. The zero-order chi connectivity index (χ0) is 23.9. The lowest BCUT2D eigenvalue weighted by molar-refractivity contribution is -0.137. The number of benzene rings is 1. The lowest BCUT2D eigenvalue weighted by atomic mass is 10.0. The fourth-order valence-electron chi connectivity index (χ4n) is 2.94. The largest absolute Gasteiger partial charge is 0.416 e. The number of amides is 2. The van der Waals surface area contributed by atoms with Crippen molar-refractivity contribution in [1.29, 1.82) is 0 Å². The molecule has 0 saturated heterocycles. The summed E-state index contributed by atoms with van der Waals surface area (Å²) in [4.78, 5) is 31.2. The number of pyridine rings is 1. The van der Waals surface area contributed by atoms with E-state index in [1.165, 1.54) is 18.3 Å². The summed E-state index contributed by atoms with van der Waals surface area (Å²) in [5, 5.41) is 5.38. The Labute approximate surface area is 185 Å². The molecule has 2 amide bonds. The molecular formula is C22H28F3N5O2. The van der Waals surface area contributed by atoms with E-state index in [4.69, 9.17) is 5.73 Å². The van der Waals surface area contributed by atoms with Crippen LogP contribution in [0.4, 0.5) is 19.0 Å². The molecular weight excluding hydrogens is 423 g/mol. The van der Waals surface area contributed by atoms with Crippen LogP contribution in [0.5, 0.6) is 0 Å². The van der Waals surface area contributed by atoms with E-state index in [-0.39, 0.29) is 18.5 Å². The highest BCUT2D eigenvalue weighted by Gasteiger charge is 2.31. The van der Waals surface area contributed by atoms with Gasteiger partial charge in [-0.1, -0.05) is 31.2 Å². The molecule has 2 rings (SSSR count). The van der Waals surface area contributed by atoms with Gasteiger partial charge in [-0.25, -0.2) is 4.98 Å². The standard InChI is InChI=1S/C22H28F3N5O2/c1-4-30(3)14(2)20(31)29-18(11-15-6-5-7-17(10-15)22(23,24)25)21(32)28-13-16-8-9-19(26)27-12-16/h5-10,12,14,18H,4,11,13H2,1-3H3,(H2,26,27)(H,28,32)(H,29,31)/t14-,18-/m0/s1. The maximum atomic E-state index is 13.1. The summed E-state index contributed by atoms with van der Waals surface area (Å²) in [6, 6.07) is 6.43. The third-order valence-electron chi connectivity index (χ3n) is 5.18. The summed E-state index contributed by atoms with van der Waals surface area (Å²) >= 11 is 0. The third-order valence-corrected chi connectivity index (χ3v) is 5.18. The number of nitrogens with zero attached hydrogens (tertiary/aromatic N) is 2. The summed E-state index contributed by atoms with van der Waals surface area (Å²) in [5.41, 5.74) is 5.71. The lowest BCUT2D eigenvalue weighted by Crippen LogP contribution is -2.53. The van der Waals surface area contributed by atoms with Gasteiger partial charge in [-0.15, -0.1) is 0 Å². The van der Waals surface area contributed by atoms with Gasteiger partial charge in [0, 0.05) is 19.2 Å². The molecule has 1 heterocycles. The summed E-state index contributed by atoms with van der Waals surface area (Å²) in [7, 11) is 1.76. The first kappa shape index (κ1) is 25.1. The van der Waals surface area contributed by atoms with Crippen molar-refractivity contribution in [3.63, 3.8) is 0 Å². The topological polar surface area (TPSA) is 100 Å². The maximum Gasteiger partial charge on any atom is 0.416 e. The van der Waals surface area contributed by atoms with E-state index in [1.54, 1.807) is 31.0 Å². The minimum absolute atomic E-state index is 0.0932.